The number of hydrogen-bond donors (Lipinski definition) is 1. The molecule has 2 aromatic heterocycles. The molecule has 4 nitrogen and oxygen atoms in total. The van der Waals surface area contributed by atoms with Crippen LogP contribution in [0.5, 0.6) is 0 Å². The van der Waals surface area contributed by atoms with Crippen LogP contribution in [0.2, 0.25) is 0 Å². The van der Waals surface area contributed by atoms with Crippen LogP contribution in [0.4, 0.5) is 0 Å². The van der Waals surface area contributed by atoms with Crippen LogP contribution >= 0.6 is 11.3 Å². The molecule has 2 heterocycles. The van der Waals surface area contributed by atoms with E-state index in [1.165, 1.54) is 11.3 Å². The predicted octanol–water partition coefficient (Wildman–Crippen LogP) is 2.29. The number of rotatable bonds is 5. The Morgan fingerprint density at radius 1 is 1.41 bits per heavy atom. The summed E-state index contributed by atoms with van der Waals surface area (Å²) in [7, 11) is 1.97. The van der Waals surface area contributed by atoms with E-state index in [4.69, 9.17) is 0 Å². The highest BCUT2D eigenvalue weighted by molar-refractivity contribution is 7.09. The quantitative estimate of drug-likeness (QED) is 0.885. The van der Waals surface area contributed by atoms with Gasteiger partial charge in [0.15, 0.2) is 0 Å². The largest absolute Gasteiger partial charge is 0.306 e. The summed E-state index contributed by atoms with van der Waals surface area (Å²) in [6.45, 7) is 6.02. The van der Waals surface area contributed by atoms with Crippen LogP contribution in [0.25, 0.3) is 0 Å². The minimum absolute atomic E-state index is 0.466. The Bertz CT molecular complexity index is 459. The molecule has 0 amide bonds. The number of nitrogens with zero attached hydrogens (tertiary/aromatic N) is 3. The molecule has 0 aromatic carbocycles. The highest BCUT2D eigenvalue weighted by Crippen LogP contribution is 2.17. The van der Waals surface area contributed by atoms with Crippen molar-refractivity contribution in [2.45, 2.75) is 32.9 Å². The van der Waals surface area contributed by atoms with Gasteiger partial charge in [0, 0.05) is 43.5 Å². The molecular formula is C12H18N4S. The van der Waals surface area contributed by atoms with E-state index in [0.717, 1.165) is 18.1 Å². The predicted molar refractivity (Wildman–Crippen MR) is 70.0 cm³/mol. The average molecular weight is 250 g/mol. The van der Waals surface area contributed by atoms with Crippen LogP contribution in [-0.4, -0.2) is 14.8 Å². The Balaban J connectivity index is 1.94. The fraction of sp³-hybridized carbons (Fsp3) is 0.500. The lowest BCUT2D eigenvalue weighted by molar-refractivity contribution is 0.675. The lowest BCUT2D eigenvalue weighted by atomic mass is 10.1. The van der Waals surface area contributed by atoms with Crippen LogP contribution < -0.4 is 5.32 Å². The summed E-state index contributed by atoms with van der Waals surface area (Å²) in [6.07, 6.45) is 3.93. The second kappa shape index (κ2) is 5.42. The topological polar surface area (TPSA) is 42.7 Å². The molecule has 0 bridgehead atoms. The second-order valence-corrected chi connectivity index (χ2v) is 5.38. The molecular weight excluding hydrogens is 232 g/mol. The van der Waals surface area contributed by atoms with E-state index in [1.807, 2.05) is 23.3 Å². The third-order valence-corrected chi connectivity index (χ3v) is 3.34. The van der Waals surface area contributed by atoms with Gasteiger partial charge in [-0.15, -0.1) is 11.3 Å². The van der Waals surface area contributed by atoms with Crippen LogP contribution in [0.15, 0.2) is 17.8 Å². The molecule has 2 aromatic rings. The first-order chi connectivity index (χ1) is 8.16. The summed E-state index contributed by atoms with van der Waals surface area (Å²) >= 11 is 1.68. The first kappa shape index (κ1) is 12.3. The Morgan fingerprint density at radius 3 is 2.88 bits per heavy atom. The standard InChI is InChI=1S/C12H18N4S/c1-9(2)12-10(8-16(3)15-12)6-13-7-11-14-4-5-17-11/h4-5,8-9,13H,6-7H2,1-3H3. The Hall–Kier alpha value is -1.20. The number of hydrogen-bond acceptors (Lipinski definition) is 4. The van der Waals surface area contributed by atoms with Gasteiger partial charge in [-0.2, -0.15) is 5.10 Å². The van der Waals surface area contributed by atoms with Gasteiger partial charge in [0.1, 0.15) is 5.01 Å². The molecule has 0 unspecified atom stereocenters. The van der Waals surface area contributed by atoms with Gasteiger partial charge in [0.2, 0.25) is 0 Å². The van der Waals surface area contributed by atoms with Crippen molar-refractivity contribution in [3.63, 3.8) is 0 Å². The molecule has 0 spiro atoms. The zero-order valence-electron chi connectivity index (χ0n) is 10.5. The summed E-state index contributed by atoms with van der Waals surface area (Å²) in [4.78, 5) is 4.25. The van der Waals surface area contributed by atoms with Crippen molar-refractivity contribution in [2.75, 3.05) is 0 Å². The summed E-state index contributed by atoms with van der Waals surface area (Å²) in [5.74, 6) is 0.466. The van der Waals surface area contributed by atoms with E-state index < -0.39 is 0 Å². The van der Waals surface area contributed by atoms with E-state index in [1.54, 1.807) is 11.3 Å². The minimum Gasteiger partial charge on any atom is -0.306 e. The van der Waals surface area contributed by atoms with Crippen molar-refractivity contribution in [1.29, 1.82) is 0 Å². The molecule has 2 rings (SSSR count). The zero-order valence-corrected chi connectivity index (χ0v) is 11.3. The maximum absolute atomic E-state index is 4.49. The maximum Gasteiger partial charge on any atom is 0.106 e. The van der Waals surface area contributed by atoms with Crippen LogP contribution in [-0.2, 0) is 20.1 Å². The third kappa shape index (κ3) is 3.14. The molecule has 0 aliphatic heterocycles. The maximum atomic E-state index is 4.49. The third-order valence-electron chi connectivity index (χ3n) is 2.56. The highest BCUT2D eigenvalue weighted by atomic mass is 32.1. The van der Waals surface area contributed by atoms with Crippen LogP contribution in [0, 0.1) is 0 Å². The number of aryl methyl sites for hydroxylation is 1. The molecule has 17 heavy (non-hydrogen) atoms. The van der Waals surface area contributed by atoms with Gasteiger partial charge in [-0.05, 0) is 5.92 Å². The minimum atomic E-state index is 0.466. The first-order valence-electron chi connectivity index (χ1n) is 5.78. The van der Waals surface area contributed by atoms with E-state index >= 15 is 0 Å². The molecule has 1 N–H and O–H groups in total. The summed E-state index contributed by atoms with van der Waals surface area (Å²) in [5.41, 5.74) is 2.46. The van der Waals surface area contributed by atoms with E-state index in [0.29, 0.717) is 5.92 Å². The van der Waals surface area contributed by atoms with E-state index in [2.05, 4.69) is 35.4 Å². The normalized spacial score (nSPS) is 11.3. The Morgan fingerprint density at radius 2 is 2.24 bits per heavy atom. The molecule has 0 radical (unpaired) electrons. The lowest BCUT2D eigenvalue weighted by Gasteiger charge is -2.05. The van der Waals surface area contributed by atoms with Gasteiger partial charge in [-0.3, -0.25) is 4.68 Å². The van der Waals surface area contributed by atoms with Crippen molar-refractivity contribution in [1.82, 2.24) is 20.1 Å². The summed E-state index contributed by atoms with van der Waals surface area (Å²) in [5, 5.41) is 11.0. The highest BCUT2D eigenvalue weighted by Gasteiger charge is 2.10. The van der Waals surface area contributed by atoms with Gasteiger partial charge in [0.25, 0.3) is 0 Å². The molecule has 5 heteroatoms. The average Bonchev–Trinajstić information content (AvgIpc) is 2.88. The monoisotopic (exact) mass is 250 g/mol. The Kier molecular flexibility index (Phi) is 3.91. The molecule has 0 aliphatic rings. The van der Waals surface area contributed by atoms with Gasteiger partial charge in [-0.1, -0.05) is 13.8 Å². The van der Waals surface area contributed by atoms with Crippen LogP contribution in [0.1, 0.15) is 36.0 Å². The molecule has 92 valence electrons. The number of thiazole rings is 1. The van der Waals surface area contributed by atoms with Crippen molar-refractivity contribution in [2.24, 2.45) is 7.05 Å². The number of nitrogens with one attached hydrogen (secondary N) is 1. The van der Waals surface area contributed by atoms with Gasteiger partial charge < -0.3 is 5.32 Å². The smallest absolute Gasteiger partial charge is 0.106 e. The molecule has 0 aliphatic carbocycles. The zero-order chi connectivity index (χ0) is 12.3. The summed E-state index contributed by atoms with van der Waals surface area (Å²) in [6, 6.07) is 0. The number of aromatic nitrogens is 3. The van der Waals surface area contributed by atoms with E-state index in [9.17, 15) is 0 Å². The molecule has 0 fully saturated rings. The SMILES string of the molecule is CC(C)c1nn(C)cc1CNCc1nccs1. The summed E-state index contributed by atoms with van der Waals surface area (Å²) < 4.78 is 1.88. The molecule has 0 saturated heterocycles. The molecule has 0 atom stereocenters. The van der Waals surface area contributed by atoms with Crippen molar-refractivity contribution < 1.29 is 0 Å². The fourth-order valence-electron chi connectivity index (χ4n) is 1.82. The van der Waals surface area contributed by atoms with Crippen LogP contribution in [0.3, 0.4) is 0 Å². The van der Waals surface area contributed by atoms with Crippen molar-refractivity contribution in [3.8, 4) is 0 Å². The van der Waals surface area contributed by atoms with Gasteiger partial charge >= 0.3 is 0 Å². The van der Waals surface area contributed by atoms with Gasteiger partial charge in [-0.25, -0.2) is 4.98 Å². The fourth-order valence-corrected chi connectivity index (χ4v) is 2.41. The van der Waals surface area contributed by atoms with Crippen molar-refractivity contribution >= 4 is 11.3 Å². The van der Waals surface area contributed by atoms with Gasteiger partial charge in [0.05, 0.1) is 5.69 Å². The Labute approximate surface area is 106 Å². The molecule has 0 saturated carbocycles. The second-order valence-electron chi connectivity index (χ2n) is 4.40. The van der Waals surface area contributed by atoms with E-state index in [-0.39, 0.29) is 0 Å². The lowest BCUT2D eigenvalue weighted by Crippen LogP contribution is -2.13. The van der Waals surface area contributed by atoms with Crippen molar-refractivity contribution in [3.05, 3.63) is 34.0 Å². The first-order valence-corrected chi connectivity index (χ1v) is 6.66.